The summed E-state index contributed by atoms with van der Waals surface area (Å²) in [6, 6.07) is -0.263. The molecule has 0 radical (unpaired) electrons. The number of amides is 1. The molecule has 0 saturated carbocycles. The molecule has 8 heteroatoms. The number of nitrogens with one attached hydrogen (secondary N) is 2. The van der Waals surface area contributed by atoms with Crippen molar-refractivity contribution in [3.8, 4) is 0 Å². The topological polar surface area (TPSA) is 90.9 Å². The van der Waals surface area contributed by atoms with Crippen LogP contribution in [0.4, 0.5) is 0 Å². The highest BCUT2D eigenvalue weighted by Gasteiger charge is 2.55. The van der Waals surface area contributed by atoms with E-state index in [1.54, 1.807) is 0 Å². The zero-order valence-corrected chi connectivity index (χ0v) is 15.7. The highest BCUT2D eigenvalue weighted by molar-refractivity contribution is 6.45. The van der Waals surface area contributed by atoms with Crippen molar-refractivity contribution in [2.75, 3.05) is 6.54 Å². The standard InChI is InChI=1S/C17H30BN3O4/c1-11(2)13-14(22)21(16(3,4)20-13)12-9-17(19-10-12)7-5-6-8-18(24)25-15(17)23/h11-13,19-20,24H,5-10H2,1-4H3/t12-,13+,17-/m1/s1. The summed E-state index contributed by atoms with van der Waals surface area (Å²) in [5.41, 5.74) is -1.24. The smallest absolute Gasteiger partial charge is 0.508 e. The van der Waals surface area contributed by atoms with Crippen LogP contribution in [0.5, 0.6) is 0 Å². The van der Waals surface area contributed by atoms with Crippen LogP contribution in [-0.2, 0) is 14.2 Å². The summed E-state index contributed by atoms with van der Waals surface area (Å²) in [6.07, 6.45) is 3.38. The fourth-order valence-electron chi connectivity index (χ4n) is 4.56. The lowest BCUT2D eigenvalue weighted by molar-refractivity contribution is -0.144. The van der Waals surface area contributed by atoms with Crippen molar-refractivity contribution in [3.63, 3.8) is 0 Å². The van der Waals surface area contributed by atoms with E-state index in [2.05, 4.69) is 10.6 Å². The van der Waals surface area contributed by atoms with Gasteiger partial charge in [0, 0.05) is 12.6 Å². The van der Waals surface area contributed by atoms with Crippen LogP contribution in [-0.4, -0.2) is 58.7 Å². The minimum absolute atomic E-state index is 0.0668. The Morgan fingerprint density at radius 1 is 1.32 bits per heavy atom. The summed E-state index contributed by atoms with van der Waals surface area (Å²) < 4.78 is 5.21. The SMILES string of the molecule is CC(C)[C@@H]1NC(C)(C)N([C@H]2CN[C@]3(CCCCB(O)OC3=O)C2)C1=O. The largest absolute Gasteiger partial charge is 0.524 e. The molecule has 3 rings (SSSR count). The second-order valence-electron chi connectivity index (χ2n) is 8.56. The van der Waals surface area contributed by atoms with Gasteiger partial charge in [-0.3, -0.25) is 20.2 Å². The van der Waals surface area contributed by atoms with Crippen molar-refractivity contribution >= 4 is 19.0 Å². The van der Waals surface area contributed by atoms with Crippen LogP contribution in [0.2, 0.25) is 6.32 Å². The van der Waals surface area contributed by atoms with E-state index < -0.39 is 18.3 Å². The molecule has 25 heavy (non-hydrogen) atoms. The summed E-state index contributed by atoms with van der Waals surface area (Å²) in [5.74, 6) is -0.0790. The van der Waals surface area contributed by atoms with Gasteiger partial charge in [-0.15, -0.1) is 0 Å². The summed E-state index contributed by atoms with van der Waals surface area (Å²) in [7, 11) is -1.03. The Hall–Kier alpha value is -1.12. The van der Waals surface area contributed by atoms with Crippen molar-refractivity contribution in [1.29, 1.82) is 0 Å². The predicted octanol–water partition coefficient (Wildman–Crippen LogP) is 0.487. The number of hydrogen-bond donors (Lipinski definition) is 3. The molecule has 3 heterocycles. The Balaban J connectivity index is 1.79. The first-order valence-electron chi connectivity index (χ1n) is 9.41. The van der Waals surface area contributed by atoms with Gasteiger partial charge in [0.1, 0.15) is 5.54 Å². The zero-order valence-electron chi connectivity index (χ0n) is 15.7. The van der Waals surface area contributed by atoms with Gasteiger partial charge in [-0.25, -0.2) is 0 Å². The fraction of sp³-hybridized carbons (Fsp3) is 0.882. The van der Waals surface area contributed by atoms with Crippen molar-refractivity contribution in [3.05, 3.63) is 0 Å². The third-order valence-electron chi connectivity index (χ3n) is 5.84. The maximum atomic E-state index is 13.0. The number of nitrogens with zero attached hydrogens (tertiary/aromatic N) is 1. The lowest BCUT2D eigenvalue weighted by atomic mass is 9.77. The quantitative estimate of drug-likeness (QED) is 0.627. The normalized spacial score (nSPS) is 36.1. The molecular formula is C17H30BN3O4. The number of carbonyl (C=O) groups excluding carboxylic acids is 2. The number of hydrogen-bond acceptors (Lipinski definition) is 6. The minimum atomic E-state index is -1.03. The molecule has 0 unspecified atom stereocenters. The van der Waals surface area contributed by atoms with Crippen LogP contribution >= 0.6 is 0 Å². The average Bonchev–Trinajstić information content (AvgIpc) is 3.02. The Labute approximate surface area is 150 Å². The first kappa shape index (κ1) is 18.7. The second-order valence-corrected chi connectivity index (χ2v) is 8.56. The van der Waals surface area contributed by atoms with Gasteiger partial charge in [0.25, 0.3) is 0 Å². The summed E-state index contributed by atoms with van der Waals surface area (Å²) in [6.45, 7) is 8.66. The van der Waals surface area contributed by atoms with Crippen LogP contribution in [0.1, 0.15) is 53.4 Å². The fourth-order valence-corrected chi connectivity index (χ4v) is 4.56. The summed E-state index contributed by atoms with van der Waals surface area (Å²) in [5, 5.41) is 16.5. The second kappa shape index (κ2) is 6.56. The molecule has 3 fully saturated rings. The van der Waals surface area contributed by atoms with Crippen molar-refractivity contribution in [2.24, 2.45) is 5.92 Å². The van der Waals surface area contributed by atoms with Crippen LogP contribution in [0.15, 0.2) is 0 Å². The van der Waals surface area contributed by atoms with Gasteiger partial charge in [0.15, 0.2) is 0 Å². The molecule has 3 aliphatic rings. The molecule has 0 bridgehead atoms. The van der Waals surface area contributed by atoms with E-state index in [1.165, 1.54) is 0 Å². The van der Waals surface area contributed by atoms with Gasteiger partial charge in [-0.2, -0.15) is 0 Å². The van der Waals surface area contributed by atoms with E-state index in [0.717, 1.165) is 12.8 Å². The Morgan fingerprint density at radius 2 is 2.04 bits per heavy atom. The zero-order chi connectivity index (χ0) is 18.4. The molecule has 1 amide bonds. The van der Waals surface area contributed by atoms with E-state index in [4.69, 9.17) is 4.65 Å². The van der Waals surface area contributed by atoms with Crippen LogP contribution in [0.3, 0.4) is 0 Å². The highest BCUT2D eigenvalue weighted by Crippen LogP contribution is 2.36. The van der Waals surface area contributed by atoms with Gasteiger partial charge in [-0.1, -0.05) is 26.7 Å². The average molecular weight is 351 g/mol. The van der Waals surface area contributed by atoms with E-state index in [9.17, 15) is 14.6 Å². The maximum absolute atomic E-state index is 13.0. The molecule has 0 aliphatic carbocycles. The number of rotatable bonds is 2. The van der Waals surface area contributed by atoms with Gasteiger partial charge in [0.05, 0.1) is 11.7 Å². The highest BCUT2D eigenvalue weighted by atomic mass is 16.6. The van der Waals surface area contributed by atoms with Crippen LogP contribution in [0, 0.1) is 5.92 Å². The van der Waals surface area contributed by atoms with Gasteiger partial charge in [0.2, 0.25) is 5.91 Å². The third-order valence-corrected chi connectivity index (χ3v) is 5.84. The summed E-state index contributed by atoms with van der Waals surface area (Å²) >= 11 is 0. The van der Waals surface area contributed by atoms with E-state index >= 15 is 0 Å². The maximum Gasteiger partial charge on any atom is 0.524 e. The molecule has 0 aromatic carbocycles. The van der Waals surface area contributed by atoms with Crippen molar-refractivity contribution in [2.45, 2.75) is 83.0 Å². The van der Waals surface area contributed by atoms with Crippen LogP contribution < -0.4 is 10.6 Å². The third kappa shape index (κ3) is 3.31. The number of carbonyl (C=O) groups is 2. The van der Waals surface area contributed by atoms with Gasteiger partial charge < -0.3 is 14.6 Å². The minimum Gasteiger partial charge on any atom is -0.508 e. The van der Waals surface area contributed by atoms with Gasteiger partial charge in [-0.05, 0) is 38.9 Å². The Morgan fingerprint density at radius 3 is 2.68 bits per heavy atom. The van der Waals surface area contributed by atoms with E-state index in [-0.39, 0.29) is 29.9 Å². The summed E-state index contributed by atoms with van der Waals surface area (Å²) in [4.78, 5) is 27.5. The molecule has 0 aromatic heterocycles. The first-order chi connectivity index (χ1) is 11.7. The Bertz CT molecular complexity index is 556. The lowest BCUT2D eigenvalue weighted by Gasteiger charge is -2.37. The molecule has 3 N–H and O–H groups in total. The Kier molecular flexibility index (Phi) is 4.90. The molecule has 3 atom stereocenters. The first-order valence-corrected chi connectivity index (χ1v) is 9.41. The monoisotopic (exact) mass is 351 g/mol. The molecule has 3 aliphatic heterocycles. The van der Waals surface area contributed by atoms with Crippen LogP contribution in [0.25, 0.3) is 0 Å². The molecule has 1 spiro atoms. The van der Waals surface area contributed by atoms with E-state index in [0.29, 0.717) is 25.7 Å². The molecular weight excluding hydrogens is 321 g/mol. The van der Waals surface area contributed by atoms with Gasteiger partial charge >= 0.3 is 13.1 Å². The lowest BCUT2D eigenvalue weighted by Crippen LogP contribution is -2.53. The molecule has 7 nitrogen and oxygen atoms in total. The molecule has 140 valence electrons. The molecule has 3 saturated heterocycles. The predicted molar refractivity (Wildman–Crippen MR) is 94.5 cm³/mol. The van der Waals surface area contributed by atoms with Crippen molar-refractivity contribution in [1.82, 2.24) is 15.5 Å². The van der Waals surface area contributed by atoms with Crippen molar-refractivity contribution < 1.29 is 19.3 Å². The van der Waals surface area contributed by atoms with E-state index in [1.807, 2.05) is 32.6 Å². The molecule has 0 aromatic rings.